The molecule has 44 heavy (non-hydrogen) atoms. The highest BCUT2D eigenvalue weighted by atomic mass is 16.7. The van der Waals surface area contributed by atoms with Gasteiger partial charge in [-0.15, -0.1) is 0 Å². The van der Waals surface area contributed by atoms with Gasteiger partial charge in [-0.2, -0.15) is 0 Å². The number of hydrogen-bond donors (Lipinski definition) is 9. The van der Waals surface area contributed by atoms with E-state index < -0.39 is 74.0 Å². The second-order valence-corrected chi connectivity index (χ2v) is 10.5. The number of hydrogen-bond acceptors (Lipinski definition) is 15. The summed E-state index contributed by atoms with van der Waals surface area (Å²) in [6.45, 7) is 0.804. The zero-order valence-electron chi connectivity index (χ0n) is 23.5. The van der Waals surface area contributed by atoms with Crippen LogP contribution in [-0.4, -0.2) is 127 Å². The Balaban J connectivity index is 1.44. The molecule has 2 aromatic carbocycles. The lowest BCUT2D eigenvalue weighted by molar-refractivity contribution is -0.357. The molecule has 2 saturated heterocycles. The van der Waals surface area contributed by atoms with Crippen molar-refractivity contribution >= 4 is 12.0 Å². The Morgan fingerprint density at radius 3 is 2.16 bits per heavy atom. The highest BCUT2D eigenvalue weighted by molar-refractivity contribution is 5.87. The van der Waals surface area contributed by atoms with Crippen LogP contribution in [0.5, 0.6) is 23.0 Å². The molecular weight excluding hydrogens is 588 g/mol. The fourth-order valence-corrected chi connectivity index (χ4v) is 4.66. The van der Waals surface area contributed by atoms with Crippen LogP contribution in [0.3, 0.4) is 0 Å². The van der Waals surface area contributed by atoms with Gasteiger partial charge in [0.05, 0.1) is 12.7 Å². The van der Waals surface area contributed by atoms with Gasteiger partial charge in [-0.05, 0) is 54.8 Å². The first kappa shape index (κ1) is 33.4. The van der Waals surface area contributed by atoms with E-state index in [1.165, 1.54) is 43.3 Å². The number of aliphatic hydroxyl groups is 5. The largest absolute Gasteiger partial charge is 0.504 e. The van der Waals surface area contributed by atoms with E-state index in [0.717, 1.165) is 6.08 Å². The summed E-state index contributed by atoms with van der Waals surface area (Å²) < 4.78 is 27.7. The molecule has 0 aromatic heterocycles. The molecule has 0 spiro atoms. The lowest BCUT2D eigenvalue weighted by Crippen LogP contribution is -2.64. The third-order valence-electron chi connectivity index (χ3n) is 7.26. The maximum atomic E-state index is 12.4. The molecule has 242 valence electrons. The standard InChI is InChI=1S/C29H36O15/c1-13-22(35)24(37)25(38)29(42-13)44-27-23(36)20(12-41-21(34)7-4-14-2-5-16(30)18(32)10-14)43-28(26(27)39)40-9-8-15-3-6-17(31)19(33)11-15/h2-7,10-11,13,20,22-33,35-39H,8-9,12H2,1H3/b7-4+/t13-,20+,22-,23+,24+,25-,26+,27-,28+,29-/m0/s1. The molecular formula is C29H36O15. The summed E-state index contributed by atoms with van der Waals surface area (Å²) in [4.78, 5) is 12.4. The Kier molecular flexibility index (Phi) is 11.0. The zero-order valence-corrected chi connectivity index (χ0v) is 23.5. The van der Waals surface area contributed by atoms with E-state index >= 15 is 0 Å². The van der Waals surface area contributed by atoms with Crippen LogP contribution in [-0.2, 0) is 34.9 Å². The summed E-state index contributed by atoms with van der Waals surface area (Å²) in [7, 11) is 0. The number of aliphatic hydroxyl groups excluding tert-OH is 5. The molecule has 0 amide bonds. The first-order chi connectivity index (χ1) is 20.8. The van der Waals surface area contributed by atoms with E-state index in [-0.39, 0.29) is 36.0 Å². The van der Waals surface area contributed by atoms with E-state index in [0.29, 0.717) is 11.1 Å². The van der Waals surface area contributed by atoms with Gasteiger partial charge < -0.3 is 69.6 Å². The molecule has 0 bridgehead atoms. The van der Waals surface area contributed by atoms with E-state index in [9.17, 15) is 50.8 Å². The first-order valence-electron chi connectivity index (χ1n) is 13.7. The van der Waals surface area contributed by atoms with Gasteiger partial charge in [0.1, 0.15) is 49.3 Å². The molecule has 2 aliphatic heterocycles. The summed E-state index contributed by atoms with van der Waals surface area (Å²) in [6, 6.07) is 8.05. The van der Waals surface area contributed by atoms with Gasteiger partial charge in [0.15, 0.2) is 35.6 Å². The molecule has 15 nitrogen and oxygen atoms in total. The number of phenolic OH excluding ortho intramolecular Hbond substituents is 4. The number of esters is 1. The van der Waals surface area contributed by atoms with Crippen LogP contribution >= 0.6 is 0 Å². The Morgan fingerprint density at radius 1 is 0.795 bits per heavy atom. The van der Waals surface area contributed by atoms with Gasteiger partial charge in [0.2, 0.25) is 0 Å². The van der Waals surface area contributed by atoms with Crippen LogP contribution in [0.1, 0.15) is 18.1 Å². The minimum Gasteiger partial charge on any atom is -0.504 e. The molecule has 0 radical (unpaired) electrons. The Bertz CT molecular complexity index is 1300. The second kappa shape index (κ2) is 14.5. The minimum atomic E-state index is -1.74. The molecule has 4 rings (SSSR count). The van der Waals surface area contributed by atoms with Crippen molar-refractivity contribution < 1.29 is 74.4 Å². The lowest BCUT2D eigenvalue weighted by Gasteiger charge is -2.45. The van der Waals surface area contributed by atoms with E-state index in [1.807, 2.05) is 0 Å². The van der Waals surface area contributed by atoms with Gasteiger partial charge >= 0.3 is 5.97 Å². The Hall–Kier alpha value is -3.51. The first-order valence-corrected chi connectivity index (χ1v) is 13.7. The summed E-state index contributed by atoms with van der Waals surface area (Å²) in [5.41, 5.74) is 0.962. The third-order valence-corrected chi connectivity index (χ3v) is 7.26. The Labute approximate surface area is 251 Å². The van der Waals surface area contributed by atoms with Gasteiger partial charge in [0.25, 0.3) is 0 Å². The maximum Gasteiger partial charge on any atom is 0.330 e. The smallest absolute Gasteiger partial charge is 0.330 e. The van der Waals surface area contributed by atoms with Crippen LogP contribution in [0.2, 0.25) is 0 Å². The molecule has 10 atom stereocenters. The number of benzene rings is 2. The van der Waals surface area contributed by atoms with Crippen molar-refractivity contribution in [1.82, 2.24) is 0 Å². The van der Waals surface area contributed by atoms with Crippen molar-refractivity contribution in [3.63, 3.8) is 0 Å². The molecule has 2 aliphatic rings. The van der Waals surface area contributed by atoms with Crippen LogP contribution in [0.4, 0.5) is 0 Å². The van der Waals surface area contributed by atoms with Crippen molar-refractivity contribution in [3.8, 4) is 23.0 Å². The number of aromatic hydroxyl groups is 4. The number of carbonyl (C=O) groups is 1. The molecule has 2 fully saturated rings. The van der Waals surface area contributed by atoms with Crippen LogP contribution in [0, 0.1) is 0 Å². The van der Waals surface area contributed by atoms with E-state index in [4.69, 9.17) is 23.7 Å². The normalized spacial score (nSPS) is 32.5. The predicted octanol–water partition coefficient (Wildman–Crippen LogP) is -1.02. The topological polar surface area (TPSA) is 245 Å². The van der Waals surface area contributed by atoms with Gasteiger partial charge in [-0.25, -0.2) is 4.79 Å². The predicted molar refractivity (Wildman–Crippen MR) is 147 cm³/mol. The highest BCUT2D eigenvalue weighted by Gasteiger charge is 2.50. The van der Waals surface area contributed by atoms with Crippen molar-refractivity contribution in [1.29, 1.82) is 0 Å². The van der Waals surface area contributed by atoms with Crippen molar-refractivity contribution in [2.24, 2.45) is 0 Å². The fraction of sp³-hybridized carbons (Fsp3) is 0.483. The van der Waals surface area contributed by atoms with Crippen molar-refractivity contribution in [3.05, 3.63) is 53.6 Å². The van der Waals surface area contributed by atoms with Crippen LogP contribution < -0.4 is 0 Å². The number of ether oxygens (including phenoxy) is 5. The zero-order chi connectivity index (χ0) is 32.1. The minimum absolute atomic E-state index is 0.0754. The van der Waals surface area contributed by atoms with Gasteiger partial charge in [0, 0.05) is 6.08 Å². The van der Waals surface area contributed by atoms with Gasteiger partial charge in [-0.3, -0.25) is 0 Å². The van der Waals surface area contributed by atoms with Gasteiger partial charge in [-0.1, -0.05) is 12.1 Å². The molecule has 9 N–H and O–H groups in total. The van der Waals surface area contributed by atoms with Crippen molar-refractivity contribution in [2.75, 3.05) is 13.2 Å². The number of carbonyl (C=O) groups excluding carboxylic acids is 1. The molecule has 2 aromatic rings. The number of phenols is 4. The highest BCUT2D eigenvalue weighted by Crippen LogP contribution is 2.31. The van der Waals surface area contributed by atoms with Crippen molar-refractivity contribution in [2.45, 2.75) is 74.8 Å². The molecule has 2 heterocycles. The summed E-state index contributed by atoms with van der Waals surface area (Å²) in [5, 5.41) is 90.8. The number of rotatable bonds is 10. The van der Waals surface area contributed by atoms with Crippen LogP contribution in [0.25, 0.3) is 6.08 Å². The maximum absolute atomic E-state index is 12.4. The molecule has 15 heteroatoms. The average Bonchev–Trinajstić information content (AvgIpc) is 2.99. The Morgan fingerprint density at radius 2 is 1.48 bits per heavy atom. The summed E-state index contributed by atoms with van der Waals surface area (Å²) in [5.74, 6) is -2.23. The fourth-order valence-electron chi connectivity index (χ4n) is 4.66. The molecule has 0 aliphatic carbocycles. The molecule has 0 saturated carbocycles. The summed E-state index contributed by atoms with van der Waals surface area (Å²) >= 11 is 0. The van der Waals surface area contributed by atoms with E-state index in [2.05, 4.69) is 0 Å². The SMILES string of the molecule is C[C@@H]1O[C@@H](O[C@@H]2[C@@H](O)[C@H](OCCc3ccc(O)c(O)c3)O[C@H](COC(=O)/C=C/c3ccc(O)c(O)c3)[C@H]2O)[C@@H](O)[C@H](O)[C@H]1O. The average molecular weight is 625 g/mol. The quantitative estimate of drug-likeness (QED) is 0.0873. The third kappa shape index (κ3) is 7.95. The lowest BCUT2D eigenvalue weighted by atomic mass is 9.97. The second-order valence-electron chi connectivity index (χ2n) is 10.5. The summed E-state index contributed by atoms with van der Waals surface area (Å²) in [6.07, 6.45) is -12.5. The van der Waals surface area contributed by atoms with E-state index in [1.54, 1.807) is 6.07 Å². The van der Waals surface area contributed by atoms with Crippen LogP contribution in [0.15, 0.2) is 42.5 Å². The monoisotopic (exact) mass is 624 g/mol. The molecule has 0 unspecified atom stereocenters.